The van der Waals surface area contributed by atoms with Crippen LogP contribution < -0.4 is 9.64 Å². The van der Waals surface area contributed by atoms with E-state index in [1.165, 1.54) is 25.9 Å². The molecule has 3 rings (SSSR count). The van der Waals surface area contributed by atoms with Gasteiger partial charge in [0.15, 0.2) is 12.5 Å². The van der Waals surface area contributed by atoms with Gasteiger partial charge < -0.3 is 9.64 Å². The van der Waals surface area contributed by atoms with Crippen molar-refractivity contribution in [3.63, 3.8) is 0 Å². The fraction of sp³-hybridized carbons (Fsp3) is 0.579. The Bertz CT molecular complexity index is 755. The van der Waals surface area contributed by atoms with Crippen molar-refractivity contribution in [3.8, 4) is 17.1 Å². The Kier molecular flexibility index (Phi) is 5.59. The van der Waals surface area contributed by atoms with Crippen LogP contribution in [0.5, 0.6) is 5.75 Å². The van der Waals surface area contributed by atoms with Gasteiger partial charge in [-0.3, -0.25) is 4.57 Å². The van der Waals surface area contributed by atoms with Gasteiger partial charge in [-0.2, -0.15) is 4.68 Å². The summed E-state index contributed by atoms with van der Waals surface area (Å²) in [7, 11) is 1.68. The number of piperidine rings is 1. The van der Waals surface area contributed by atoms with Gasteiger partial charge in [-0.05, 0) is 69.1 Å². The van der Waals surface area contributed by atoms with Gasteiger partial charge in [0, 0.05) is 11.6 Å². The molecule has 1 saturated heterocycles. The Morgan fingerprint density at radius 1 is 1.24 bits per heavy atom. The van der Waals surface area contributed by atoms with E-state index in [0.717, 1.165) is 34.5 Å². The Morgan fingerprint density at radius 2 is 1.88 bits per heavy atom. The van der Waals surface area contributed by atoms with Crippen molar-refractivity contribution < 1.29 is 9.64 Å². The molecule has 1 aromatic heterocycles. The zero-order valence-electron chi connectivity index (χ0n) is 15.7. The molecule has 1 aromatic carbocycles. The van der Waals surface area contributed by atoms with Crippen LogP contribution in [0.2, 0.25) is 0 Å². The van der Waals surface area contributed by atoms with Gasteiger partial charge >= 0.3 is 0 Å². The maximum absolute atomic E-state index is 5.75. The van der Waals surface area contributed by atoms with Gasteiger partial charge in [-0.25, -0.2) is 0 Å². The van der Waals surface area contributed by atoms with Crippen LogP contribution in [0.25, 0.3) is 11.4 Å². The summed E-state index contributed by atoms with van der Waals surface area (Å²) in [5.74, 6) is 2.64. The summed E-state index contributed by atoms with van der Waals surface area (Å²) < 4.78 is 10.2. The number of rotatable bonds is 5. The highest BCUT2D eigenvalue weighted by atomic mass is 32.1. The highest BCUT2D eigenvalue weighted by Gasteiger charge is 2.22. The molecule has 1 aliphatic rings. The topological polar surface area (TPSA) is 36.4 Å². The second kappa shape index (κ2) is 7.70. The van der Waals surface area contributed by atoms with Crippen molar-refractivity contribution in [2.75, 3.05) is 20.2 Å². The lowest BCUT2D eigenvalue weighted by molar-refractivity contribution is -0.929. The minimum atomic E-state index is 0.273. The third-order valence-electron chi connectivity index (χ3n) is 5.09. The first-order chi connectivity index (χ1) is 12.0. The summed E-state index contributed by atoms with van der Waals surface area (Å²) in [5, 5.41) is 4.88. The molecule has 1 N–H and O–H groups in total. The normalized spacial score (nSPS) is 20.8. The van der Waals surface area contributed by atoms with Gasteiger partial charge in [0.25, 0.3) is 0 Å². The summed E-state index contributed by atoms with van der Waals surface area (Å²) in [6.07, 6.45) is 2.58. The van der Waals surface area contributed by atoms with Crippen molar-refractivity contribution >= 4 is 12.2 Å². The first-order valence-electron chi connectivity index (χ1n) is 9.17. The van der Waals surface area contributed by atoms with Crippen LogP contribution >= 0.6 is 12.2 Å². The molecular formula is C19H29N4OS+. The highest BCUT2D eigenvalue weighted by molar-refractivity contribution is 7.71. The molecule has 25 heavy (non-hydrogen) atoms. The number of aromatic nitrogens is 3. The summed E-state index contributed by atoms with van der Waals surface area (Å²) in [5.41, 5.74) is 1.07. The number of benzene rings is 1. The van der Waals surface area contributed by atoms with E-state index in [9.17, 15) is 0 Å². The Morgan fingerprint density at radius 3 is 2.44 bits per heavy atom. The van der Waals surface area contributed by atoms with Crippen LogP contribution in [0.1, 0.15) is 39.7 Å². The van der Waals surface area contributed by atoms with E-state index in [1.807, 2.05) is 16.8 Å². The molecule has 2 aromatic rings. The fourth-order valence-electron chi connectivity index (χ4n) is 3.47. The zero-order chi connectivity index (χ0) is 18.0. The van der Waals surface area contributed by atoms with Crippen molar-refractivity contribution in [2.24, 2.45) is 5.92 Å². The number of methoxy groups -OCH3 is 1. The molecule has 0 amide bonds. The predicted octanol–water partition coefficient (Wildman–Crippen LogP) is 2.94. The lowest BCUT2D eigenvalue weighted by atomic mass is 10.00. The predicted molar refractivity (Wildman–Crippen MR) is 103 cm³/mol. The van der Waals surface area contributed by atoms with Crippen molar-refractivity contribution in [2.45, 2.75) is 46.3 Å². The maximum atomic E-state index is 5.75. The van der Waals surface area contributed by atoms with Crippen molar-refractivity contribution in [1.82, 2.24) is 14.3 Å². The average molecular weight is 362 g/mol. The van der Waals surface area contributed by atoms with Crippen LogP contribution in [0, 0.1) is 10.7 Å². The summed E-state index contributed by atoms with van der Waals surface area (Å²) in [6.45, 7) is 9.92. The van der Waals surface area contributed by atoms with Crippen LogP contribution in [0.3, 0.4) is 0 Å². The summed E-state index contributed by atoms with van der Waals surface area (Å²) in [6, 6.07) is 8.32. The molecule has 0 unspecified atom stereocenters. The molecular weight excluding hydrogens is 332 g/mol. The average Bonchev–Trinajstić information content (AvgIpc) is 2.93. The van der Waals surface area contributed by atoms with E-state index in [1.54, 1.807) is 12.0 Å². The van der Waals surface area contributed by atoms with E-state index < -0.39 is 0 Å². The molecule has 0 atom stereocenters. The van der Waals surface area contributed by atoms with Gasteiger partial charge in [-0.1, -0.05) is 6.92 Å². The molecule has 0 saturated carbocycles. The van der Waals surface area contributed by atoms with E-state index in [-0.39, 0.29) is 6.04 Å². The standard InChI is InChI=1S/C19H28N4OS/c1-14(2)23-18(16-5-7-17(24-4)8-6-16)20-22(19(23)25)13-21-11-9-15(3)10-12-21/h5-8,14-15H,9-13H2,1-4H3/p+1. The number of hydrogen-bond acceptors (Lipinski definition) is 3. The van der Waals surface area contributed by atoms with E-state index in [4.69, 9.17) is 22.1 Å². The maximum Gasteiger partial charge on any atom is 0.203 e. The Balaban J connectivity index is 1.91. The van der Waals surface area contributed by atoms with E-state index in [2.05, 4.69) is 37.5 Å². The van der Waals surface area contributed by atoms with Crippen LogP contribution in [-0.4, -0.2) is 34.5 Å². The third kappa shape index (κ3) is 3.96. The molecule has 1 aliphatic heterocycles. The minimum Gasteiger partial charge on any atom is -0.497 e. The lowest BCUT2D eigenvalue weighted by Crippen LogP contribution is -3.12. The monoisotopic (exact) mass is 361 g/mol. The highest BCUT2D eigenvalue weighted by Crippen LogP contribution is 2.24. The lowest BCUT2D eigenvalue weighted by Gasteiger charge is -2.26. The van der Waals surface area contributed by atoms with Crippen molar-refractivity contribution in [1.29, 1.82) is 0 Å². The van der Waals surface area contributed by atoms with Crippen LogP contribution in [0.4, 0.5) is 0 Å². The second-order valence-corrected chi connectivity index (χ2v) is 7.75. The number of ether oxygens (including phenoxy) is 1. The quantitative estimate of drug-likeness (QED) is 0.832. The van der Waals surface area contributed by atoms with E-state index >= 15 is 0 Å². The zero-order valence-corrected chi connectivity index (χ0v) is 16.5. The molecule has 6 heteroatoms. The number of hydrogen-bond donors (Lipinski definition) is 1. The minimum absolute atomic E-state index is 0.273. The molecule has 2 heterocycles. The molecule has 1 fully saturated rings. The first-order valence-corrected chi connectivity index (χ1v) is 9.57. The molecule has 136 valence electrons. The van der Waals surface area contributed by atoms with Gasteiger partial charge in [0.05, 0.1) is 20.2 Å². The largest absolute Gasteiger partial charge is 0.497 e. The van der Waals surface area contributed by atoms with Crippen molar-refractivity contribution in [3.05, 3.63) is 29.0 Å². The number of likely N-dealkylation sites (tertiary alicyclic amines) is 1. The summed E-state index contributed by atoms with van der Waals surface area (Å²) in [4.78, 5) is 1.57. The van der Waals surface area contributed by atoms with Gasteiger partial charge in [-0.15, -0.1) is 5.10 Å². The third-order valence-corrected chi connectivity index (χ3v) is 5.50. The SMILES string of the molecule is COc1ccc(-c2nn(C[NH+]3CCC(C)CC3)c(=S)n2C(C)C)cc1. The molecule has 0 spiro atoms. The van der Waals surface area contributed by atoms with Gasteiger partial charge in [0.1, 0.15) is 5.75 Å². The molecule has 0 aliphatic carbocycles. The molecule has 5 nitrogen and oxygen atoms in total. The smallest absolute Gasteiger partial charge is 0.203 e. The Labute approximate surface area is 155 Å². The molecule has 0 bridgehead atoms. The van der Waals surface area contributed by atoms with Crippen LogP contribution in [-0.2, 0) is 6.67 Å². The second-order valence-electron chi connectivity index (χ2n) is 7.39. The fourth-order valence-corrected chi connectivity index (χ4v) is 3.87. The summed E-state index contributed by atoms with van der Waals surface area (Å²) >= 11 is 5.75. The van der Waals surface area contributed by atoms with E-state index in [0.29, 0.717) is 0 Å². The number of nitrogens with zero attached hydrogens (tertiary/aromatic N) is 3. The van der Waals surface area contributed by atoms with Gasteiger partial charge in [0.2, 0.25) is 4.77 Å². The first kappa shape index (κ1) is 18.1. The molecule has 0 radical (unpaired) electrons. The van der Waals surface area contributed by atoms with Crippen LogP contribution in [0.15, 0.2) is 24.3 Å². The number of nitrogens with one attached hydrogen (secondary N) is 1. The Hall–Kier alpha value is -1.66. The number of quaternary nitrogens is 1.